The highest BCUT2D eigenvalue weighted by Crippen LogP contribution is 2.30. The van der Waals surface area contributed by atoms with Crippen molar-refractivity contribution in [2.24, 2.45) is 5.92 Å². The maximum absolute atomic E-state index is 12.8. The van der Waals surface area contributed by atoms with Gasteiger partial charge in [0.2, 0.25) is 0 Å². The Labute approximate surface area is 158 Å². The van der Waals surface area contributed by atoms with Crippen molar-refractivity contribution in [3.8, 4) is 5.95 Å². The molecule has 1 aliphatic rings. The second-order valence-electron chi connectivity index (χ2n) is 7.13. The highest BCUT2D eigenvalue weighted by molar-refractivity contribution is 5.99. The zero-order valence-electron chi connectivity index (χ0n) is 15.8. The van der Waals surface area contributed by atoms with Crippen molar-refractivity contribution in [3.05, 3.63) is 76.4 Å². The van der Waals surface area contributed by atoms with Crippen molar-refractivity contribution in [2.45, 2.75) is 33.6 Å². The molecule has 0 radical (unpaired) electrons. The van der Waals surface area contributed by atoms with E-state index in [0.29, 0.717) is 12.4 Å². The molecule has 27 heavy (non-hydrogen) atoms. The van der Waals surface area contributed by atoms with E-state index in [0.717, 1.165) is 40.3 Å². The van der Waals surface area contributed by atoms with Gasteiger partial charge in [0.1, 0.15) is 0 Å². The van der Waals surface area contributed by atoms with Gasteiger partial charge in [-0.2, -0.15) is 5.10 Å². The minimum Gasteiger partial charge on any atom is -0.294 e. The van der Waals surface area contributed by atoms with E-state index in [2.05, 4.69) is 39.4 Å². The fourth-order valence-corrected chi connectivity index (χ4v) is 3.70. The van der Waals surface area contributed by atoms with Crippen molar-refractivity contribution in [2.75, 3.05) is 0 Å². The number of hydrogen-bond donors (Lipinski definition) is 0. The van der Waals surface area contributed by atoms with Gasteiger partial charge < -0.3 is 0 Å². The van der Waals surface area contributed by atoms with Crippen LogP contribution in [0.15, 0.2) is 42.5 Å². The third-order valence-electron chi connectivity index (χ3n) is 4.86. The number of fused-ring (bicyclic) bond motifs is 1. The minimum atomic E-state index is 0.144. The molecule has 136 valence electrons. The molecule has 0 aliphatic heterocycles. The van der Waals surface area contributed by atoms with Gasteiger partial charge in [-0.3, -0.25) is 4.79 Å². The van der Waals surface area contributed by atoms with Crippen molar-refractivity contribution < 1.29 is 4.79 Å². The highest BCUT2D eigenvalue weighted by atomic mass is 16.1. The summed E-state index contributed by atoms with van der Waals surface area (Å²) in [6.45, 7) is 5.77. The average molecular weight is 358 g/mol. The molecule has 0 bridgehead atoms. The fourth-order valence-electron chi connectivity index (χ4n) is 3.70. The first-order chi connectivity index (χ1) is 13.0. The number of aromatic nitrogens is 4. The predicted molar refractivity (Wildman–Crippen MR) is 105 cm³/mol. The van der Waals surface area contributed by atoms with Crippen LogP contribution < -0.4 is 0 Å². The number of carbonyl (C=O) groups is 1. The first-order valence-electron chi connectivity index (χ1n) is 9.19. The van der Waals surface area contributed by atoms with Gasteiger partial charge in [0.15, 0.2) is 5.78 Å². The van der Waals surface area contributed by atoms with E-state index in [1.807, 2.05) is 45.0 Å². The van der Waals surface area contributed by atoms with Gasteiger partial charge >= 0.3 is 0 Å². The molecule has 2 aromatic heterocycles. The summed E-state index contributed by atoms with van der Waals surface area (Å²) in [6, 6.07) is 12.1. The molecule has 0 amide bonds. The summed E-state index contributed by atoms with van der Waals surface area (Å²) < 4.78 is 1.76. The number of nitrogens with zero attached hydrogens (tertiary/aromatic N) is 4. The molecule has 0 saturated carbocycles. The zero-order chi connectivity index (χ0) is 19.0. The first-order valence-corrected chi connectivity index (χ1v) is 9.19. The van der Waals surface area contributed by atoms with Crippen LogP contribution in [0.1, 0.15) is 45.1 Å². The molecule has 5 heteroatoms. The molecule has 0 spiro atoms. The molecule has 1 unspecified atom stereocenters. The largest absolute Gasteiger partial charge is 0.294 e. The normalized spacial score (nSPS) is 16.7. The molecule has 2 heterocycles. The van der Waals surface area contributed by atoms with Gasteiger partial charge in [-0.25, -0.2) is 14.6 Å². The number of allylic oxidation sites excluding steroid dienone is 1. The predicted octanol–water partition coefficient (Wildman–Crippen LogP) is 4.05. The topological polar surface area (TPSA) is 60.7 Å². The van der Waals surface area contributed by atoms with Crippen LogP contribution in [0.3, 0.4) is 0 Å². The fraction of sp³-hybridized carbons (Fsp3) is 0.273. The Hall–Kier alpha value is -3.08. The maximum Gasteiger partial charge on any atom is 0.251 e. The quantitative estimate of drug-likeness (QED) is 0.709. The van der Waals surface area contributed by atoms with Crippen LogP contribution in [0.2, 0.25) is 0 Å². The van der Waals surface area contributed by atoms with Gasteiger partial charge in [-0.15, -0.1) is 0 Å². The van der Waals surface area contributed by atoms with Crippen molar-refractivity contribution in [3.63, 3.8) is 0 Å². The zero-order valence-corrected chi connectivity index (χ0v) is 15.8. The van der Waals surface area contributed by atoms with Crippen molar-refractivity contribution >= 4 is 11.9 Å². The molecule has 0 N–H and O–H groups in total. The lowest BCUT2D eigenvalue weighted by Gasteiger charge is -2.20. The van der Waals surface area contributed by atoms with Crippen molar-refractivity contribution in [1.29, 1.82) is 0 Å². The number of Topliss-reactive ketones (excluding diaryl/α,β-unsaturated/α-hetero) is 1. The lowest BCUT2D eigenvalue weighted by Crippen LogP contribution is -2.21. The van der Waals surface area contributed by atoms with Crippen LogP contribution in [0.4, 0.5) is 0 Å². The molecule has 5 nitrogen and oxygen atoms in total. The minimum absolute atomic E-state index is 0.144. The van der Waals surface area contributed by atoms with Gasteiger partial charge in [0, 0.05) is 17.8 Å². The van der Waals surface area contributed by atoms with Crippen LogP contribution in [0, 0.1) is 26.7 Å². The number of benzene rings is 1. The second-order valence-corrected chi connectivity index (χ2v) is 7.13. The number of ketones is 1. The van der Waals surface area contributed by atoms with E-state index in [4.69, 9.17) is 0 Å². The lowest BCUT2D eigenvalue weighted by molar-refractivity contribution is 0.0958. The first kappa shape index (κ1) is 17.3. The Kier molecular flexibility index (Phi) is 4.44. The number of carbonyl (C=O) groups excluding carboxylic acids is 1. The molecule has 1 aliphatic carbocycles. The van der Waals surface area contributed by atoms with E-state index in [1.165, 1.54) is 0 Å². The third kappa shape index (κ3) is 3.45. The Bertz CT molecular complexity index is 1010. The average Bonchev–Trinajstić information content (AvgIpc) is 2.97. The maximum atomic E-state index is 12.8. The number of rotatable bonds is 3. The van der Waals surface area contributed by atoms with Gasteiger partial charge in [-0.05, 0) is 44.7 Å². The molecule has 1 atom stereocenters. The van der Waals surface area contributed by atoms with Crippen LogP contribution >= 0.6 is 0 Å². The number of aryl methyl sites for hydroxylation is 3. The Morgan fingerprint density at radius 2 is 1.74 bits per heavy atom. The monoisotopic (exact) mass is 358 g/mol. The van der Waals surface area contributed by atoms with Gasteiger partial charge in [0.25, 0.3) is 5.95 Å². The van der Waals surface area contributed by atoms with Crippen LogP contribution in [0.25, 0.3) is 12.0 Å². The van der Waals surface area contributed by atoms with Crippen LogP contribution in [-0.4, -0.2) is 25.5 Å². The summed E-state index contributed by atoms with van der Waals surface area (Å²) in [5, 5.41) is 4.59. The highest BCUT2D eigenvalue weighted by Gasteiger charge is 2.31. The molecule has 3 aromatic rings. The van der Waals surface area contributed by atoms with Gasteiger partial charge in [-0.1, -0.05) is 42.5 Å². The summed E-state index contributed by atoms with van der Waals surface area (Å²) in [7, 11) is 0. The smallest absolute Gasteiger partial charge is 0.251 e. The van der Waals surface area contributed by atoms with E-state index in [-0.39, 0.29) is 11.7 Å². The Morgan fingerprint density at radius 3 is 2.44 bits per heavy atom. The van der Waals surface area contributed by atoms with E-state index < -0.39 is 0 Å². The summed E-state index contributed by atoms with van der Waals surface area (Å²) >= 11 is 0. The molecule has 0 saturated heterocycles. The van der Waals surface area contributed by atoms with Crippen LogP contribution in [-0.2, 0) is 6.42 Å². The standard InChI is InChI=1S/C22H22N4O/c1-14-11-15(2)24-22(23-14)26-19-12-18(10-9-17-7-5-4-6-8-17)13-20(27)21(19)16(3)25-26/h4-11,18H,12-13H2,1-3H3/b10-9+. The summed E-state index contributed by atoms with van der Waals surface area (Å²) in [4.78, 5) is 21.8. The molecular formula is C22H22N4O. The van der Waals surface area contributed by atoms with Crippen LogP contribution in [0.5, 0.6) is 0 Å². The van der Waals surface area contributed by atoms with Gasteiger partial charge in [0.05, 0.1) is 17.0 Å². The molecule has 0 fully saturated rings. The lowest BCUT2D eigenvalue weighted by atomic mass is 9.85. The Balaban J connectivity index is 1.71. The number of hydrogen-bond acceptors (Lipinski definition) is 4. The van der Waals surface area contributed by atoms with E-state index in [9.17, 15) is 4.79 Å². The summed E-state index contributed by atoms with van der Waals surface area (Å²) in [5.41, 5.74) is 5.32. The van der Waals surface area contributed by atoms with E-state index >= 15 is 0 Å². The SMILES string of the molecule is Cc1cc(C)nc(-n2nc(C)c3c2CC(/C=C/c2ccccc2)CC3=O)n1. The molecular weight excluding hydrogens is 336 g/mol. The molecule has 4 rings (SSSR count). The second kappa shape index (κ2) is 6.91. The summed E-state index contributed by atoms with van der Waals surface area (Å²) in [6.07, 6.45) is 5.48. The molecule has 1 aromatic carbocycles. The third-order valence-corrected chi connectivity index (χ3v) is 4.86. The van der Waals surface area contributed by atoms with E-state index in [1.54, 1.807) is 4.68 Å². The Morgan fingerprint density at radius 1 is 1.04 bits per heavy atom. The van der Waals surface area contributed by atoms with Crippen molar-refractivity contribution in [1.82, 2.24) is 19.7 Å². The summed E-state index contributed by atoms with van der Waals surface area (Å²) in [5.74, 6) is 0.829.